The van der Waals surface area contributed by atoms with Crippen molar-refractivity contribution >= 4 is 7.82 Å². The van der Waals surface area contributed by atoms with Gasteiger partial charge in [-0.2, -0.15) is 0 Å². The van der Waals surface area contributed by atoms with E-state index in [-0.39, 0.29) is 6.61 Å². The van der Waals surface area contributed by atoms with Gasteiger partial charge in [0.25, 0.3) is 0 Å². The summed E-state index contributed by atoms with van der Waals surface area (Å²) in [5.74, 6) is 0. The summed E-state index contributed by atoms with van der Waals surface area (Å²) in [4.78, 5) is 9.93. The molecule has 0 saturated heterocycles. The Kier molecular flexibility index (Phi) is 23.5. The molecule has 1 atom stereocenters. The Morgan fingerprint density at radius 1 is 0.529 bits per heavy atom. The lowest BCUT2D eigenvalue weighted by atomic mass is 10.1. The summed E-state index contributed by atoms with van der Waals surface area (Å²) in [6, 6.07) is 0. The Balaban J connectivity index is 3.58. The van der Waals surface area contributed by atoms with Gasteiger partial charge in [-0.05, 0) is 19.3 Å². The molecule has 0 aromatic carbocycles. The molecule has 0 bridgehead atoms. The summed E-state index contributed by atoms with van der Waals surface area (Å²) in [6.07, 6.45) is 25.8. The molecular formula is C28H61NO4P+. The normalized spacial score (nSPS) is 13.9. The van der Waals surface area contributed by atoms with Crippen molar-refractivity contribution in [2.24, 2.45) is 0 Å². The fraction of sp³-hybridized carbons (Fsp3) is 1.00. The molecule has 0 fully saturated rings. The van der Waals surface area contributed by atoms with Crippen LogP contribution in [0.4, 0.5) is 0 Å². The first-order chi connectivity index (χ1) is 16.3. The van der Waals surface area contributed by atoms with Crippen molar-refractivity contribution in [3.05, 3.63) is 0 Å². The highest BCUT2D eigenvalue weighted by atomic mass is 31.2. The van der Waals surface area contributed by atoms with Crippen LogP contribution in [0, 0.1) is 0 Å². The van der Waals surface area contributed by atoms with E-state index in [1.54, 1.807) is 0 Å². The average molecular weight is 507 g/mol. The minimum Gasteiger partial charge on any atom is -0.327 e. The number of hydrogen-bond donors (Lipinski definition) is 1. The molecule has 1 N–H and O–H groups in total. The van der Waals surface area contributed by atoms with E-state index in [1.165, 1.54) is 116 Å². The largest absolute Gasteiger partial charge is 0.472 e. The van der Waals surface area contributed by atoms with E-state index in [2.05, 4.69) is 27.9 Å². The third-order valence-corrected chi connectivity index (χ3v) is 7.84. The van der Waals surface area contributed by atoms with Gasteiger partial charge in [-0.3, -0.25) is 9.05 Å². The third kappa shape index (κ3) is 25.2. The fourth-order valence-corrected chi connectivity index (χ4v) is 5.10. The van der Waals surface area contributed by atoms with Gasteiger partial charge in [0.15, 0.2) is 0 Å². The molecule has 0 aliphatic heterocycles. The van der Waals surface area contributed by atoms with Crippen molar-refractivity contribution in [3.63, 3.8) is 0 Å². The zero-order valence-electron chi connectivity index (χ0n) is 23.5. The van der Waals surface area contributed by atoms with Crippen LogP contribution in [0.3, 0.4) is 0 Å². The molecule has 206 valence electrons. The van der Waals surface area contributed by atoms with Crippen molar-refractivity contribution < 1.29 is 23.0 Å². The summed E-state index contributed by atoms with van der Waals surface area (Å²) in [5, 5.41) is 0. The number of nitrogens with zero attached hydrogens (tertiary/aromatic N) is 1. The summed E-state index contributed by atoms with van der Waals surface area (Å²) >= 11 is 0. The van der Waals surface area contributed by atoms with Crippen molar-refractivity contribution in [2.45, 2.75) is 142 Å². The Morgan fingerprint density at radius 3 is 1.32 bits per heavy atom. The van der Waals surface area contributed by atoms with Gasteiger partial charge >= 0.3 is 7.82 Å². The number of rotatable bonds is 27. The van der Waals surface area contributed by atoms with Crippen LogP contribution in [0.15, 0.2) is 0 Å². The monoisotopic (exact) mass is 506 g/mol. The molecule has 0 aliphatic carbocycles. The molecule has 0 radical (unpaired) electrons. The Morgan fingerprint density at radius 2 is 0.882 bits per heavy atom. The lowest BCUT2D eigenvalue weighted by Gasteiger charge is -2.29. The first-order valence-electron chi connectivity index (χ1n) is 14.8. The maximum absolute atomic E-state index is 12.1. The zero-order valence-corrected chi connectivity index (χ0v) is 24.4. The van der Waals surface area contributed by atoms with E-state index >= 15 is 0 Å². The molecule has 0 saturated carbocycles. The number of phosphoric acid groups is 1. The van der Waals surface area contributed by atoms with Crippen molar-refractivity contribution in [3.8, 4) is 0 Å². The number of likely N-dealkylation sites (N-methyl/N-ethyl adjacent to an activating group) is 1. The standard InChI is InChI=1S/C28H60NO4P/c1-5-7-9-11-13-15-16-17-18-20-22-24-27-32-34(30,31)33-28-26-29(3,4)25-23-21-19-14-12-10-8-6-2/h5-28H2,1-4H3/p+1. The Labute approximate surface area is 213 Å². The SMILES string of the molecule is CCCCCCCCCCCCCCOP(=O)(O)OCC[N+](C)(C)CCCCCCCCCC. The molecular weight excluding hydrogens is 445 g/mol. The van der Waals surface area contributed by atoms with E-state index in [9.17, 15) is 9.46 Å². The predicted molar refractivity (Wildman–Crippen MR) is 147 cm³/mol. The lowest BCUT2D eigenvalue weighted by Crippen LogP contribution is -2.42. The first-order valence-corrected chi connectivity index (χ1v) is 16.3. The average Bonchev–Trinajstić information content (AvgIpc) is 2.78. The van der Waals surface area contributed by atoms with Crippen LogP contribution in [-0.4, -0.2) is 49.8 Å². The smallest absolute Gasteiger partial charge is 0.327 e. The van der Waals surface area contributed by atoms with Crippen LogP contribution in [0.5, 0.6) is 0 Å². The van der Waals surface area contributed by atoms with Gasteiger partial charge in [-0.1, -0.05) is 123 Å². The maximum Gasteiger partial charge on any atom is 0.472 e. The van der Waals surface area contributed by atoms with Crippen LogP contribution in [0.2, 0.25) is 0 Å². The van der Waals surface area contributed by atoms with E-state index in [0.29, 0.717) is 6.61 Å². The highest BCUT2D eigenvalue weighted by molar-refractivity contribution is 7.47. The van der Waals surface area contributed by atoms with Gasteiger partial charge in [0.1, 0.15) is 13.2 Å². The van der Waals surface area contributed by atoms with Crippen LogP contribution in [0.1, 0.15) is 142 Å². The lowest BCUT2D eigenvalue weighted by molar-refractivity contribution is -0.890. The van der Waals surface area contributed by atoms with Gasteiger partial charge in [-0.15, -0.1) is 0 Å². The van der Waals surface area contributed by atoms with E-state index in [1.807, 2.05) is 0 Å². The molecule has 0 amide bonds. The summed E-state index contributed by atoms with van der Waals surface area (Å²) < 4.78 is 23.3. The molecule has 0 aliphatic rings. The third-order valence-electron chi connectivity index (χ3n) is 6.82. The van der Waals surface area contributed by atoms with Crippen molar-refractivity contribution in [1.29, 1.82) is 0 Å². The molecule has 34 heavy (non-hydrogen) atoms. The highest BCUT2D eigenvalue weighted by Crippen LogP contribution is 2.43. The van der Waals surface area contributed by atoms with Crippen molar-refractivity contribution in [2.75, 3.05) is 40.4 Å². The number of unbranched alkanes of at least 4 members (excludes halogenated alkanes) is 18. The Bertz CT molecular complexity index is 473. The molecule has 6 heteroatoms. The second-order valence-corrected chi connectivity index (χ2v) is 12.3. The number of hydrogen-bond acceptors (Lipinski definition) is 3. The topological polar surface area (TPSA) is 55.8 Å². The second-order valence-electron chi connectivity index (χ2n) is 10.9. The zero-order chi connectivity index (χ0) is 25.4. The van der Waals surface area contributed by atoms with Gasteiger partial charge < -0.3 is 9.38 Å². The molecule has 0 aromatic heterocycles. The summed E-state index contributed by atoms with van der Waals surface area (Å²) in [6.45, 7) is 6.89. The van der Waals surface area contributed by atoms with E-state index < -0.39 is 7.82 Å². The molecule has 1 unspecified atom stereocenters. The van der Waals surface area contributed by atoms with E-state index in [0.717, 1.165) is 30.4 Å². The highest BCUT2D eigenvalue weighted by Gasteiger charge is 2.23. The number of phosphoric ester groups is 1. The molecule has 0 aromatic rings. The molecule has 0 heterocycles. The van der Waals surface area contributed by atoms with Gasteiger partial charge in [-0.25, -0.2) is 4.57 Å². The number of quaternary nitrogens is 1. The van der Waals surface area contributed by atoms with Crippen molar-refractivity contribution in [1.82, 2.24) is 0 Å². The molecule has 0 rings (SSSR count). The minimum atomic E-state index is -3.92. The second kappa shape index (κ2) is 23.5. The van der Waals surface area contributed by atoms with Crippen LogP contribution >= 0.6 is 7.82 Å². The quantitative estimate of drug-likeness (QED) is 0.0686. The maximum atomic E-state index is 12.1. The van der Waals surface area contributed by atoms with Crippen LogP contribution in [0.25, 0.3) is 0 Å². The summed E-state index contributed by atoms with van der Waals surface area (Å²) in [7, 11) is 0.413. The predicted octanol–water partition coefficient (Wildman–Crippen LogP) is 9.04. The van der Waals surface area contributed by atoms with Gasteiger partial charge in [0, 0.05) is 0 Å². The minimum absolute atomic E-state index is 0.260. The van der Waals surface area contributed by atoms with E-state index in [4.69, 9.17) is 9.05 Å². The Hall–Kier alpha value is 0.0700. The first kappa shape index (κ1) is 34.1. The van der Waals surface area contributed by atoms with Crippen LogP contribution in [-0.2, 0) is 13.6 Å². The molecule has 0 spiro atoms. The van der Waals surface area contributed by atoms with Gasteiger partial charge in [0.2, 0.25) is 0 Å². The van der Waals surface area contributed by atoms with Crippen LogP contribution < -0.4 is 0 Å². The fourth-order valence-electron chi connectivity index (χ4n) is 4.35. The van der Waals surface area contributed by atoms with Gasteiger partial charge in [0.05, 0.1) is 27.2 Å². The molecule has 5 nitrogen and oxygen atoms in total. The summed E-state index contributed by atoms with van der Waals surface area (Å²) in [5.41, 5.74) is 0.